The first-order valence-corrected chi connectivity index (χ1v) is 2.50. The van der Waals surface area contributed by atoms with Crippen molar-refractivity contribution >= 4 is 12.8 Å². The van der Waals surface area contributed by atoms with E-state index in [0.717, 1.165) is 10.8 Å². The van der Waals surface area contributed by atoms with Gasteiger partial charge in [0.1, 0.15) is 0 Å². The van der Waals surface area contributed by atoms with Gasteiger partial charge < -0.3 is 17.1 Å². The Morgan fingerprint density at radius 3 is 2.67 bits per heavy atom. The van der Waals surface area contributed by atoms with Crippen LogP contribution in [0.3, 0.4) is 0 Å². The smallest absolute Gasteiger partial charge is 0.0726 e. The van der Waals surface area contributed by atoms with Gasteiger partial charge in [0, 0.05) is 6.42 Å². The van der Waals surface area contributed by atoms with Crippen LogP contribution in [-0.4, -0.2) is 6.54 Å². The molecule has 0 spiro atoms. The van der Waals surface area contributed by atoms with Gasteiger partial charge in [-0.15, -0.1) is 0 Å². The van der Waals surface area contributed by atoms with Gasteiger partial charge >= 0.3 is 0 Å². The lowest BCUT2D eigenvalue weighted by Gasteiger charge is -2.10. The Morgan fingerprint density at radius 2 is 2.50 bits per heavy atom. The largest absolute Gasteiger partial charge is 0.490 e. The lowest BCUT2D eigenvalue weighted by atomic mass is 10.5. The predicted molar refractivity (Wildman–Crippen MR) is 27.0 cm³/mol. The summed E-state index contributed by atoms with van der Waals surface area (Å²) >= 11 is 4.83. The van der Waals surface area contributed by atoms with E-state index in [-0.39, 0.29) is 0 Å². The van der Waals surface area contributed by atoms with Crippen LogP contribution in [0.1, 0.15) is 6.42 Å². The molecule has 0 fully saturated rings. The summed E-state index contributed by atoms with van der Waals surface area (Å²) in [6.07, 6.45) is 5.29. The zero-order valence-electron chi connectivity index (χ0n) is 3.48. The molecule has 0 radical (unpaired) electrons. The van der Waals surface area contributed by atoms with Crippen molar-refractivity contribution in [1.29, 1.82) is 0 Å². The van der Waals surface area contributed by atoms with Crippen molar-refractivity contribution < 1.29 is 4.31 Å². The van der Waals surface area contributed by atoms with E-state index in [1.165, 1.54) is 6.42 Å². The summed E-state index contributed by atoms with van der Waals surface area (Å²) in [5.41, 5.74) is 0. The fraction of sp³-hybridized carbons (Fsp3) is 0.500. The van der Waals surface area contributed by atoms with E-state index in [9.17, 15) is 0 Å². The van der Waals surface area contributed by atoms with Crippen molar-refractivity contribution in [3.8, 4) is 0 Å². The van der Waals surface area contributed by atoms with Crippen molar-refractivity contribution in [1.82, 2.24) is 0 Å². The summed E-state index contributed by atoms with van der Waals surface area (Å²) in [5, 5.41) is 0. The van der Waals surface area contributed by atoms with Gasteiger partial charge in [-0.3, -0.25) is 0 Å². The second-order valence-electron chi connectivity index (χ2n) is 1.41. The zero-order valence-corrected chi connectivity index (χ0v) is 4.29. The number of quaternary nitrogens is 1. The molecule has 0 aromatic carbocycles. The standard InChI is InChI=1S/C4H7NS/c6-5-3-1-2-4-5/h1,3,5H,2,4H2. The Hall–Kier alpha value is 0.0500. The minimum absolute atomic E-state index is 1.11. The van der Waals surface area contributed by atoms with Crippen molar-refractivity contribution in [2.45, 2.75) is 6.42 Å². The molecule has 2 heteroatoms. The topological polar surface area (TPSA) is 4.44 Å². The summed E-state index contributed by atoms with van der Waals surface area (Å²) in [5.74, 6) is 0. The minimum Gasteiger partial charge on any atom is -0.490 e. The van der Waals surface area contributed by atoms with E-state index >= 15 is 0 Å². The highest BCUT2D eigenvalue weighted by atomic mass is 32.1. The molecule has 0 bridgehead atoms. The number of nitrogens with one attached hydrogen (secondary N) is 1. The third kappa shape index (κ3) is 0.758. The highest BCUT2D eigenvalue weighted by molar-refractivity contribution is 7.51. The third-order valence-electron chi connectivity index (χ3n) is 0.861. The fourth-order valence-electron chi connectivity index (χ4n) is 0.524. The fourth-order valence-corrected chi connectivity index (χ4v) is 0.738. The van der Waals surface area contributed by atoms with Crippen LogP contribution in [0.5, 0.6) is 0 Å². The summed E-state index contributed by atoms with van der Waals surface area (Å²) < 4.78 is 1.11. The highest BCUT2D eigenvalue weighted by Crippen LogP contribution is 1.78. The predicted octanol–water partition coefficient (Wildman–Crippen LogP) is -0.749. The lowest BCUT2D eigenvalue weighted by molar-refractivity contribution is -0.684. The van der Waals surface area contributed by atoms with Gasteiger partial charge in [0.15, 0.2) is 0 Å². The van der Waals surface area contributed by atoms with E-state index in [2.05, 4.69) is 6.08 Å². The second-order valence-corrected chi connectivity index (χ2v) is 1.93. The van der Waals surface area contributed by atoms with E-state index in [0.29, 0.717) is 0 Å². The molecule has 34 valence electrons. The molecule has 1 rings (SSSR count). The van der Waals surface area contributed by atoms with E-state index in [1.54, 1.807) is 0 Å². The first-order chi connectivity index (χ1) is 2.89. The van der Waals surface area contributed by atoms with E-state index in [4.69, 9.17) is 12.8 Å². The second kappa shape index (κ2) is 1.67. The van der Waals surface area contributed by atoms with E-state index in [1.807, 2.05) is 6.20 Å². The van der Waals surface area contributed by atoms with Gasteiger partial charge in [0.25, 0.3) is 0 Å². The SMILES string of the molecule is [S-][NH+]1C=CCC1. The average Bonchev–Trinajstić information content (AvgIpc) is 1.86. The molecule has 6 heavy (non-hydrogen) atoms. The molecule has 0 aromatic heterocycles. The molecule has 1 atom stereocenters. The summed E-state index contributed by atoms with van der Waals surface area (Å²) in [6.45, 7) is 1.11. The van der Waals surface area contributed by atoms with Crippen molar-refractivity contribution in [2.24, 2.45) is 0 Å². The molecule has 0 amide bonds. The Kier molecular flexibility index (Phi) is 1.17. The molecule has 1 unspecified atom stereocenters. The van der Waals surface area contributed by atoms with Crippen LogP contribution in [0.2, 0.25) is 0 Å². The summed E-state index contributed by atoms with van der Waals surface area (Å²) in [4.78, 5) is 0. The van der Waals surface area contributed by atoms with Gasteiger partial charge in [0.05, 0.1) is 12.7 Å². The maximum absolute atomic E-state index is 4.83. The van der Waals surface area contributed by atoms with Crippen molar-refractivity contribution in [3.63, 3.8) is 0 Å². The first kappa shape index (κ1) is 4.22. The maximum Gasteiger partial charge on any atom is 0.0726 e. The van der Waals surface area contributed by atoms with E-state index < -0.39 is 0 Å². The van der Waals surface area contributed by atoms with Gasteiger partial charge in [-0.05, 0) is 6.08 Å². The quantitative estimate of drug-likeness (QED) is 0.393. The van der Waals surface area contributed by atoms with Crippen LogP contribution in [0, 0.1) is 0 Å². The molecule has 1 aliphatic heterocycles. The normalized spacial score (nSPS) is 31.8. The minimum atomic E-state index is 1.11. The maximum atomic E-state index is 4.83. The zero-order chi connectivity index (χ0) is 4.41. The molecule has 1 N–H and O–H groups in total. The van der Waals surface area contributed by atoms with Crippen LogP contribution in [0.15, 0.2) is 12.3 Å². The number of rotatable bonds is 0. The van der Waals surface area contributed by atoms with Crippen LogP contribution in [-0.2, 0) is 12.8 Å². The van der Waals surface area contributed by atoms with Crippen LogP contribution < -0.4 is 4.31 Å². The lowest BCUT2D eigenvalue weighted by Crippen LogP contribution is -3.00. The Labute approximate surface area is 43.2 Å². The van der Waals surface area contributed by atoms with Gasteiger partial charge in [-0.2, -0.15) is 0 Å². The van der Waals surface area contributed by atoms with Gasteiger partial charge in [-0.1, -0.05) is 0 Å². The van der Waals surface area contributed by atoms with Gasteiger partial charge in [0.2, 0.25) is 0 Å². The number of hydrogen-bond acceptors (Lipinski definition) is 1. The van der Waals surface area contributed by atoms with Crippen LogP contribution in [0.4, 0.5) is 0 Å². The highest BCUT2D eigenvalue weighted by Gasteiger charge is 1.93. The summed E-state index contributed by atoms with van der Waals surface area (Å²) in [6, 6.07) is 0. The molecule has 0 aromatic rings. The molecule has 1 aliphatic rings. The third-order valence-corrected chi connectivity index (χ3v) is 1.20. The molecule has 0 saturated carbocycles. The van der Waals surface area contributed by atoms with Crippen molar-refractivity contribution in [3.05, 3.63) is 12.3 Å². The molecular weight excluding hydrogens is 94.1 g/mol. The first-order valence-electron chi connectivity index (χ1n) is 2.09. The number of hydrogen-bond donors (Lipinski definition) is 1. The average molecular weight is 101 g/mol. The van der Waals surface area contributed by atoms with Gasteiger partial charge in [-0.25, -0.2) is 0 Å². The summed E-state index contributed by atoms with van der Waals surface area (Å²) in [7, 11) is 0. The molecule has 0 saturated heterocycles. The Morgan fingerprint density at radius 1 is 1.67 bits per heavy atom. The Bertz CT molecular complexity index is 69.9. The monoisotopic (exact) mass is 101 g/mol. The van der Waals surface area contributed by atoms with Crippen LogP contribution in [0.25, 0.3) is 0 Å². The van der Waals surface area contributed by atoms with Crippen LogP contribution >= 0.6 is 0 Å². The Balaban J connectivity index is 2.38. The molecule has 0 aliphatic carbocycles. The van der Waals surface area contributed by atoms with Crippen molar-refractivity contribution in [2.75, 3.05) is 6.54 Å². The molecule has 1 heterocycles. The molecular formula is C4H7NS. The molecule has 1 nitrogen and oxygen atoms in total.